The van der Waals surface area contributed by atoms with E-state index >= 15 is 0 Å². The Morgan fingerprint density at radius 1 is 0.778 bits per heavy atom. The van der Waals surface area contributed by atoms with E-state index in [2.05, 4.69) is 24.3 Å². The first-order valence-corrected chi connectivity index (χ1v) is 8.01. The van der Waals surface area contributed by atoms with Gasteiger partial charge in [-0.3, -0.25) is 0 Å². The van der Waals surface area contributed by atoms with Crippen molar-refractivity contribution in [3.63, 3.8) is 0 Å². The standard InChI is InChI=1S/C17H23Cl/c18-15-9-2-1-6-14(12-15)17-11-4-3-10-16(17)13-7-5-8-13/h3-4,10-11,13-15H,1-2,5-9,12H2. The van der Waals surface area contributed by atoms with Gasteiger partial charge in [0.05, 0.1) is 0 Å². The zero-order chi connectivity index (χ0) is 12.4. The summed E-state index contributed by atoms with van der Waals surface area (Å²) in [5.74, 6) is 1.56. The van der Waals surface area contributed by atoms with Gasteiger partial charge in [-0.25, -0.2) is 0 Å². The van der Waals surface area contributed by atoms with Crippen LogP contribution in [0, 0.1) is 0 Å². The Labute approximate surface area is 116 Å². The number of benzene rings is 1. The highest BCUT2D eigenvalue weighted by Gasteiger charge is 2.26. The largest absolute Gasteiger partial charge is 0.123 e. The molecule has 0 aromatic heterocycles. The molecule has 98 valence electrons. The van der Waals surface area contributed by atoms with Crippen LogP contribution in [-0.2, 0) is 0 Å². The maximum Gasteiger partial charge on any atom is 0.0341 e. The van der Waals surface area contributed by atoms with Crippen LogP contribution in [0.3, 0.4) is 0 Å². The van der Waals surface area contributed by atoms with E-state index in [4.69, 9.17) is 11.6 Å². The van der Waals surface area contributed by atoms with E-state index in [1.165, 1.54) is 51.4 Å². The van der Waals surface area contributed by atoms with Crippen LogP contribution >= 0.6 is 11.6 Å². The van der Waals surface area contributed by atoms with Crippen molar-refractivity contribution in [3.8, 4) is 0 Å². The first kappa shape index (κ1) is 12.5. The highest BCUT2D eigenvalue weighted by molar-refractivity contribution is 6.20. The van der Waals surface area contributed by atoms with E-state index in [1.807, 2.05) is 0 Å². The highest BCUT2D eigenvalue weighted by Crippen LogP contribution is 2.43. The molecule has 0 bridgehead atoms. The van der Waals surface area contributed by atoms with Crippen molar-refractivity contribution in [1.82, 2.24) is 0 Å². The molecule has 18 heavy (non-hydrogen) atoms. The average Bonchev–Trinajstić information content (AvgIpc) is 2.52. The Hall–Kier alpha value is -0.490. The van der Waals surface area contributed by atoms with Gasteiger partial charge in [0.1, 0.15) is 0 Å². The molecule has 2 aliphatic rings. The summed E-state index contributed by atoms with van der Waals surface area (Å²) < 4.78 is 0. The Balaban J connectivity index is 1.85. The number of halogens is 1. The summed E-state index contributed by atoms with van der Waals surface area (Å²) in [7, 11) is 0. The second-order valence-electron chi connectivity index (χ2n) is 6.07. The normalized spacial score (nSPS) is 29.6. The lowest BCUT2D eigenvalue weighted by atomic mass is 9.75. The average molecular weight is 263 g/mol. The fourth-order valence-electron chi connectivity index (χ4n) is 3.56. The minimum absolute atomic E-state index is 0.395. The maximum absolute atomic E-state index is 6.45. The van der Waals surface area contributed by atoms with Gasteiger partial charge in [-0.05, 0) is 55.1 Å². The van der Waals surface area contributed by atoms with Crippen molar-refractivity contribution < 1.29 is 0 Å². The van der Waals surface area contributed by atoms with Crippen molar-refractivity contribution >= 4 is 11.6 Å². The van der Waals surface area contributed by atoms with Crippen LogP contribution in [0.15, 0.2) is 24.3 Å². The lowest BCUT2D eigenvalue weighted by Crippen LogP contribution is -2.14. The lowest BCUT2D eigenvalue weighted by Gasteiger charge is -2.30. The van der Waals surface area contributed by atoms with Crippen molar-refractivity contribution in [2.24, 2.45) is 0 Å². The lowest BCUT2D eigenvalue weighted by molar-refractivity contribution is 0.413. The molecule has 2 atom stereocenters. The molecule has 0 spiro atoms. The minimum Gasteiger partial charge on any atom is -0.123 e. The van der Waals surface area contributed by atoms with Crippen molar-refractivity contribution in [2.45, 2.75) is 68.6 Å². The third kappa shape index (κ3) is 2.59. The number of alkyl halides is 1. The van der Waals surface area contributed by atoms with E-state index < -0.39 is 0 Å². The predicted octanol–water partition coefficient (Wildman–Crippen LogP) is 5.61. The number of rotatable bonds is 2. The molecule has 0 saturated heterocycles. The van der Waals surface area contributed by atoms with E-state index in [1.54, 1.807) is 11.1 Å². The van der Waals surface area contributed by atoms with E-state index in [0.717, 1.165) is 5.92 Å². The van der Waals surface area contributed by atoms with E-state index in [9.17, 15) is 0 Å². The van der Waals surface area contributed by atoms with Gasteiger partial charge < -0.3 is 0 Å². The number of hydrogen-bond acceptors (Lipinski definition) is 0. The van der Waals surface area contributed by atoms with Crippen molar-refractivity contribution in [2.75, 3.05) is 0 Å². The van der Waals surface area contributed by atoms with Crippen LogP contribution < -0.4 is 0 Å². The Morgan fingerprint density at radius 2 is 1.39 bits per heavy atom. The van der Waals surface area contributed by atoms with Gasteiger partial charge in [-0.1, -0.05) is 43.5 Å². The van der Waals surface area contributed by atoms with Gasteiger partial charge in [0.15, 0.2) is 0 Å². The summed E-state index contributed by atoms with van der Waals surface area (Å²) >= 11 is 6.45. The topological polar surface area (TPSA) is 0 Å². The first-order chi connectivity index (χ1) is 8.84. The summed E-state index contributed by atoms with van der Waals surface area (Å²) in [5.41, 5.74) is 3.26. The molecule has 1 heteroatoms. The molecule has 3 rings (SSSR count). The molecule has 0 N–H and O–H groups in total. The minimum atomic E-state index is 0.395. The molecule has 2 fully saturated rings. The predicted molar refractivity (Wildman–Crippen MR) is 78.5 cm³/mol. The molecule has 1 aromatic rings. The van der Waals surface area contributed by atoms with Crippen LogP contribution in [0.5, 0.6) is 0 Å². The Kier molecular flexibility index (Phi) is 3.94. The van der Waals surface area contributed by atoms with Crippen LogP contribution in [0.4, 0.5) is 0 Å². The fraction of sp³-hybridized carbons (Fsp3) is 0.647. The van der Waals surface area contributed by atoms with Gasteiger partial charge in [-0.15, -0.1) is 11.6 Å². The number of hydrogen-bond donors (Lipinski definition) is 0. The van der Waals surface area contributed by atoms with Gasteiger partial charge in [0.2, 0.25) is 0 Å². The Morgan fingerprint density at radius 3 is 2.06 bits per heavy atom. The molecular weight excluding hydrogens is 240 g/mol. The van der Waals surface area contributed by atoms with Crippen molar-refractivity contribution in [1.29, 1.82) is 0 Å². The van der Waals surface area contributed by atoms with Crippen molar-refractivity contribution in [3.05, 3.63) is 35.4 Å². The second kappa shape index (κ2) is 5.65. The maximum atomic E-state index is 6.45. The molecule has 0 amide bonds. The molecule has 0 heterocycles. The summed E-state index contributed by atoms with van der Waals surface area (Å²) in [5, 5.41) is 0.395. The highest BCUT2D eigenvalue weighted by atomic mass is 35.5. The fourth-order valence-corrected chi connectivity index (χ4v) is 3.93. The smallest absolute Gasteiger partial charge is 0.0341 e. The first-order valence-electron chi connectivity index (χ1n) is 7.57. The molecule has 2 aliphatic carbocycles. The van der Waals surface area contributed by atoms with Gasteiger partial charge in [0, 0.05) is 5.38 Å². The third-order valence-corrected chi connectivity index (χ3v) is 5.24. The molecule has 1 aromatic carbocycles. The monoisotopic (exact) mass is 262 g/mol. The molecule has 0 aliphatic heterocycles. The zero-order valence-electron chi connectivity index (χ0n) is 11.1. The quantitative estimate of drug-likeness (QED) is 0.480. The third-order valence-electron chi connectivity index (χ3n) is 4.84. The zero-order valence-corrected chi connectivity index (χ0v) is 11.8. The molecule has 2 unspecified atom stereocenters. The van der Waals surface area contributed by atoms with Crippen LogP contribution in [0.25, 0.3) is 0 Å². The molecule has 0 radical (unpaired) electrons. The molecular formula is C17H23Cl. The van der Waals surface area contributed by atoms with Crippen LogP contribution in [0.2, 0.25) is 0 Å². The van der Waals surface area contributed by atoms with E-state index in [0.29, 0.717) is 11.3 Å². The van der Waals surface area contributed by atoms with Gasteiger partial charge >= 0.3 is 0 Å². The summed E-state index contributed by atoms with van der Waals surface area (Å²) in [4.78, 5) is 0. The van der Waals surface area contributed by atoms with Gasteiger partial charge in [-0.2, -0.15) is 0 Å². The summed E-state index contributed by atoms with van der Waals surface area (Å²) in [6.07, 6.45) is 10.6. The summed E-state index contributed by atoms with van der Waals surface area (Å²) in [6.45, 7) is 0. The van der Waals surface area contributed by atoms with Crippen LogP contribution in [0.1, 0.15) is 74.3 Å². The van der Waals surface area contributed by atoms with Gasteiger partial charge in [0.25, 0.3) is 0 Å². The molecule has 0 nitrogen and oxygen atoms in total. The SMILES string of the molecule is ClC1CCCCC(c2ccccc2C2CCC2)C1. The van der Waals surface area contributed by atoms with E-state index in [-0.39, 0.29) is 0 Å². The second-order valence-corrected chi connectivity index (χ2v) is 6.69. The summed E-state index contributed by atoms with van der Waals surface area (Å²) in [6, 6.07) is 9.16. The molecule has 2 saturated carbocycles. The van der Waals surface area contributed by atoms with Crippen LogP contribution in [-0.4, -0.2) is 5.38 Å². The Bertz CT molecular complexity index is 394.